The van der Waals surface area contributed by atoms with Crippen LogP contribution in [0.15, 0.2) is 48.5 Å². The average Bonchev–Trinajstić information content (AvgIpc) is 3.35. The van der Waals surface area contributed by atoms with Crippen LogP contribution >= 0.6 is 0 Å². The molecule has 0 unspecified atom stereocenters. The van der Waals surface area contributed by atoms with Crippen LogP contribution in [0.3, 0.4) is 0 Å². The summed E-state index contributed by atoms with van der Waals surface area (Å²) in [6.07, 6.45) is 2.06. The maximum absolute atomic E-state index is 14.0. The molecule has 0 bridgehead atoms. The molecule has 0 atom stereocenters. The lowest BCUT2D eigenvalue weighted by Crippen LogP contribution is -2.27. The van der Waals surface area contributed by atoms with Crippen LogP contribution in [0.2, 0.25) is 0 Å². The minimum absolute atomic E-state index is 0.0146. The van der Waals surface area contributed by atoms with Crippen LogP contribution < -0.4 is 10.6 Å². The zero-order chi connectivity index (χ0) is 23.4. The number of hydrogen-bond acceptors (Lipinski definition) is 6. The van der Waals surface area contributed by atoms with Gasteiger partial charge in [-0.1, -0.05) is 12.1 Å². The topological polar surface area (TPSA) is 87.2 Å². The molecule has 0 spiro atoms. The van der Waals surface area contributed by atoms with Gasteiger partial charge in [0.15, 0.2) is 28.9 Å². The standard InChI is InChI=1S/C24H23F2N5O2/c1-15(32)23-20(27-14-17-5-4-6-19(25)22(17)26)13-21(29-30-23)28-18-9-7-16(8-10-18)24(33)31-11-2-3-12-31/h4-10,13H,2-3,11-12,14H2,1H3,(H2,27,28,29). The Bertz CT molecular complexity index is 1180. The number of anilines is 3. The molecule has 7 nitrogen and oxygen atoms in total. The van der Waals surface area contributed by atoms with Crippen molar-refractivity contribution in [3.8, 4) is 0 Å². The predicted molar refractivity (Wildman–Crippen MR) is 121 cm³/mol. The Labute approximate surface area is 189 Å². The van der Waals surface area contributed by atoms with Gasteiger partial charge in [-0.3, -0.25) is 9.59 Å². The van der Waals surface area contributed by atoms with Gasteiger partial charge < -0.3 is 15.5 Å². The van der Waals surface area contributed by atoms with Gasteiger partial charge in [0.2, 0.25) is 0 Å². The van der Waals surface area contributed by atoms with E-state index in [1.54, 1.807) is 30.3 Å². The second kappa shape index (κ2) is 9.72. The lowest BCUT2D eigenvalue weighted by atomic mass is 10.1. The van der Waals surface area contributed by atoms with Crippen molar-refractivity contribution in [2.45, 2.75) is 26.3 Å². The zero-order valence-electron chi connectivity index (χ0n) is 18.1. The van der Waals surface area contributed by atoms with E-state index >= 15 is 0 Å². The summed E-state index contributed by atoms with van der Waals surface area (Å²) in [5.41, 5.74) is 1.84. The van der Waals surface area contributed by atoms with E-state index in [0.29, 0.717) is 22.8 Å². The molecule has 3 aromatic rings. The van der Waals surface area contributed by atoms with E-state index in [0.717, 1.165) is 32.0 Å². The number of amides is 1. The van der Waals surface area contributed by atoms with Gasteiger partial charge in [-0.15, -0.1) is 10.2 Å². The molecular formula is C24H23F2N5O2. The summed E-state index contributed by atoms with van der Waals surface area (Å²) in [5, 5.41) is 14.0. The quantitative estimate of drug-likeness (QED) is 0.513. The van der Waals surface area contributed by atoms with Crippen molar-refractivity contribution in [2.75, 3.05) is 23.7 Å². The minimum atomic E-state index is -0.946. The Kier molecular flexibility index (Phi) is 6.58. The molecule has 1 fully saturated rings. The molecule has 0 radical (unpaired) electrons. The van der Waals surface area contributed by atoms with Gasteiger partial charge in [-0.05, 0) is 43.2 Å². The van der Waals surface area contributed by atoms with Crippen LogP contribution in [-0.4, -0.2) is 39.9 Å². The van der Waals surface area contributed by atoms with Gasteiger partial charge in [0.25, 0.3) is 5.91 Å². The first kappa shape index (κ1) is 22.3. The second-order valence-corrected chi connectivity index (χ2v) is 7.82. The molecule has 1 saturated heterocycles. The van der Waals surface area contributed by atoms with Crippen molar-refractivity contribution < 1.29 is 18.4 Å². The number of benzene rings is 2. The first-order valence-corrected chi connectivity index (χ1v) is 10.6. The SMILES string of the molecule is CC(=O)c1nnc(Nc2ccc(C(=O)N3CCCC3)cc2)cc1NCc1cccc(F)c1F. The third kappa shape index (κ3) is 5.14. The highest BCUT2D eigenvalue weighted by atomic mass is 19.2. The first-order valence-electron chi connectivity index (χ1n) is 10.6. The van der Waals surface area contributed by atoms with E-state index < -0.39 is 11.6 Å². The van der Waals surface area contributed by atoms with Crippen LogP contribution in [0.1, 0.15) is 46.2 Å². The number of likely N-dealkylation sites (tertiary alicyclic amines) is 1. The highest BCUT2D eigenvalue weighted by molar-refractivity contribution is 5.98. The van der Waals surface area contributed by atoms with Crippen LogP contribution in [0, 0.1) is 11.6 Å². The Morgan fingerprint density at radius 1 is 1.03 bits per heavy atom. The maximum atomic E-state index is 14.0. The monoisotopic (exact) mass is 451 g/mol. The van der Waals surface area contributed by atoms with Crippen molar-refractivity contribution in [1.29, 1.82) is 0 Å². The largest absolute Gasteiger partial charge is 0.379 e. The third-order valence-corrected chi connectivity index (χ3v) is 5.43. The summed E-state index contributed by atoms with van der Waals surface area (Å²) in [6.45, 7) is 2.88. The van der Waals surface area contributed by atoms with Crippen LogP contribution in [0.5, 0.6) is 0 Å². The molecule has 1 aliphatic rings. The molecule has 0 aliphatic carbocycles. The lowest BCUT2D eigenvalue weighted by molar-refractivity contribution is 0.0792. The van der Waals surface area contributed by atoms with Gasteiger partial charge in [0.1, 0.15) is 0 Å². The number of nitrogens with one attached hydrogen (secondary N) is 2. The fraction of sp³-hybridized carbons (Fsp3) is 0.250. The molecule has 4 rings (SSSR count). The molecule has 0 saturated carbocycles. The lowest BCUT2D eigenvalue weighted by Gasteiger charge is -2.15. The molecule has 9 heteroatoms. The Morgan fingerprint density at radius 3 is 2.45 bits per heavy atom. The molecule has 2 N–H and O–H groups in total. The molecular weight excluding hydrogens is 428 g/mol. The van der Waals surface area contributed by atoms with E-state index in [9.17, 15) is 18.4 Å². The van der Waals surface area contributed by atoms with Crippen molar-refractivity contribution in [3.05, 3.63) is 77.0 Å². The number of halogens is 2. The smallest absolute Gasteiger partial charge is 0.253 e. The van der Waals surface area contributed by atoms with Gasteiger partial charge in [-0.25, -0.2) is 8.78 Å². The first-order chi connectivity index (χ1) is 15.9. The molecule has 170 valence electrons. The zero-order valence-corrected chi connectivity index (χ0v) is 18.1. The number of ketones is 1. The summed E-state index contributed by atoms with van der Waals surface area (Å²) in [5.74, 6) is -1.84. The number of nitrogens with zero attached hydrogens (tertiary/aromatic N) is 3. The summed E-state index contributed by atoms with van der Waals surface area (Å²) in [6, 6.07) is 12.5. The van der Waals surface area contributed by atoms with Crippen molar-refractivity contribution in [2.24, 2.45) is 0 Å². The average molecular weight is 451 g/mol. The van der Waals surface area contributed by atoms with Gasteiger partial charge in [-0.2, -0.15) is 0 Å². The minimum Gasteiger partial charge on any atom is -0.379 e. The van der Waals surface area contributed by atoms with E-state index in [1.165, 1.54) is 19.1 Å². The number of hydrogen-bond donors (Lipinski definition) is 2. The molecule has 33 heavy (non-hydrogen) atoms. The Morgan fingerprint density at radius 2 is 1.76 bits per heavy atom. The Balaban J connectivity index is 1.49. The highest BCUT2D eigenvalue weighted by Gasteiger charge is 2.19. The highest BCUT2D eigenvalue weighted by Crippen LogP contribution is 2.23. The molecule has 1 amide bonds. The van der Waals surface area contributed by atoms with E-state index in [1.807, 2.05) is 4.90 Å². The number of aromatic nitrogens is 2. The van der Waals surface area contributed by atoms with Crippen molar-refractivity contribution >= 4 is 28.9 Å². The number of carbonyl (C=O) groups is 2. The van der Waals surface area contributed by atoms with Gasteiger partial charge in [0.05, 0.1) is 5.69 Å². The third-order valence-electron chi connectivity index (χ3n) is 5.43. The molecule has 1 aliphatic heterocycles. The van der Waals surface area contributed by atoms with E-state index in [2.05, 4.69) is 20.8 Å². The molecule has 1 aromatic heterocycles. The number of carbonyl (C=O) groups excluding carboxylic acids is 2. The van der Waals surface area contributed by atoms with E-state index in [4.69, 9.17) is 0 Å². The summed E-state index contributed by atoms with van der Waals surface area (Å²) >= 11 is 0. The summed E-state index contributed by atoms with van der Waals surface area (Å²) in [7, 11) is 0. The van der Waals surface area contributed by atoms with E-state index in [-0.39, 0.29) is 29.5 Å². The fourth-order valence-electron chi connectivity index (χ4n) is 3.67. The van der Waals surface area contributed by atoms with Crippen molar-refractivity contribution in [3.63, 3.8) is 0 Å². The maximum Gasteiger partial charge on any atom is 0.253 e. The normalized spacial score (nSPS) is 13.1. The van der Waals surface area contributed by atoms with Crippen LogP contribution in [0.25, 0.3) is 0 Å². The predicted octanol–water partition coefficient (Wildman–Crippen LogP) is 4.55. The summed E-state index contributed by atoms with van der Waals surface area (Å²) in [4.78, 5) is 26.3. The number of rotatable bonds is 7. The number of Topliss-reactive ketones (excluding diaryl/α,β-unsaturated/α-hetero) is 1. The molecule has 2 aromatic carbocycles. The van der Waals surface area contributed by atoms with Crippen LogP contribution in [0.4, 0.5) is 26.0 Å². The van der Waals surface area contributed by atoms with Crippen LogP contribution in [-0.2, 0) is 6.54 Å². The van der Waals surface area contributed by atoms with Crippen molar-refractivity contribution in [1.82, 2.24) is 15.1 Å². The van der Waals surface area contributed by atoms with Gasteiger partial charge in [0, 0.05) is 49.4 Å². The summed E-state index contributed by atoms with van der Waals surface area (Å²) < 4.78 is 27.4. The fourth-order valence-corrected chi connectivity index (χ4v) is 3.67. The van der Waals surface area contributed by atoms with Gasteiger partial charge >= 0.3 is 0 Å². The Hall–Kier alpha value is -3.88. The second-order valence-electron chi connectivity index (χ2n) is 7.82. The molecule has 2 heterocycles.